The number of halogens is 1. The van der Waals surface area contributed by atoms with Crippen molar-refractivity contribution < 1.29 is 9.53 Å². The number of amides is 1. The molecule has 26 heavy (non-hydrogen) atoms. The monoisotopic (exact) mass is 426 g/mol. The lowest BCUT2D eigenvalue weighted by molar-refractivity contribution is 0.0751. The van der Waals surface area contributed by atoms with Gasteiger partial charge in [0.2, 0.25) is 0 Å². The number of carbonyl (C=O) groups excluding carboxylic acids is 1. The molecule has 0 fully saturated rings. The number of benzene rings is 1. The first kappa shape index (κ1) is 23.0. The molecule has 0 saturated carbocycles. The molecule has 1 aromatic rings. The quantitative estimate of drug-likeness (QED) is 0.396. The van der Waals surface area contributed by atoms with Crippen LogP contribution in [0, 0.1) is 5.41 Å². The van der Waals surface area contributed by atoms with Crippen molar-refractivity contribution in [2.24, 2.45) is 11.1 Å². The van der Waals surface area contributed by atoms with Gasteiger partial charge in [0.1, 0.15) is 5.75 Å². The Morgan fingerprint density at radius 3 is 2.50 bits per heavy atom. The van der Waals surface area contributed by atoms with Crippen molar-refractivity contribution in [3.8, 4) is 5.75 Å². The highest BCUT2D eigenvalue weighted by Gasteiger charge is 2.38. The van der Waals surface area contributed by atoms with Gasteiger partial charge in [-0.3, -0.25) is 4.79 Å². The zero-order chi connectivity index (χ0) is 19.8. The Labute approximate surface area is 167 Å². The fraction of sp³-hybridized carbons (Fsp3) is 0.667. The van der Waals surface area contributed by atoms with Gasteiger partial charge >= 0.3 is 0 Å². The van der Waals surface area contributed by atoms with Crippen LogP contribution in [-0.4, -0.2) is 23.0 Å². The van der Waals surface area contributed by atoms with E-state index in [2.05, 4.69) is 55.9 Å². The summed E-state index contributed by atoms with van der Waals surface area (Å²) in [6.07, 6.45) is 4.86. The maximum atomic E-state index is 12.7. The molecule has 2 atom stereocenters. The van der Waals surface area contributed by atoms with Crippen LogP contribution in [0.15, 0.2) is 24.3 Å². The molecule has 1 aromatic carbocycles. The Morgan fingerprint density at radius 2 is 1.92 bits per heavy atom. The predicted octanol–water partition coefficient (Wildman–Crippen LogP) is 5.25. The third kappa shape index (κ3) is 6.92. The summed E-state index contributed by atoms with van der Waals surface area (Å²) in [6.45, 7) is 11.0. The smallest absolute Gasteiger partial charge is 0.252 e. The van der Waals surface area contributed by atoms with Crippen LogP contribution >= 0.6 is 15.9 Å². The number of hydrogen-bond acceptors (Lipinski definition) is 3. The molecule has 5 heteroatoms. The van der Waals surface area contributed by atoms with Crippen LogP contribution in [0.25, 0.3) is 0 Å². The summed E-state index contributed by atoms with van der Waals surface area (Å²) in [5.74, 6) is 0.549. The Bertz CT molecular complexity index is 571. The average Bonchev–Trinajstić information content (AvgIpc) is 2.54. The summed E-state index contributed by atoms with van der Waals surface area (Å²) >= 11 is 3.66. The van der Waals surface area contributed by atoms with Gasteiger partial charge in [-0.2, -0.15) is 0 Å². The van der Waals surface area contributed by atoms with E-state index in [9.17, 15) is 4.79 Å². The lowest BCUT2D eigenvalue weighted by Crippen LogP contribution is -2.63. The molecule has 1 rings (SSSR count). The second-order valence-electron chi connectivity index (χ2n) is 7.98. The van der Waals surface area contributed by atoms with E-state index < -0.39 is 5.66 Å². The van der Waals surface area contributed by atoms with E-state index in [1.165, 1.54) is 0 Å². The molecule has 0 aromatic heterocycles. The molecular weight excluding hydrogens is 392 g/mol. The zero-order valence-electron chi connectivity index (χ0n) is 16.9. The summed E-state index contributed by atoms with van der Waals surface area (Å²) < 4.78 is 5.82. The molecule has 3 N–H and O–H groups in total. The molecular formula is C21H35BrN2O2. The van der Waals surface area contributed by atoms with Gasteiger partial charge < -0.3 is 15.8 Å². The van der Waals surface area contributed by atoms with Gasteiger partial charge in [-0.05, 0) is 42.9 Å². The second kappa shape index (κ2) is 10.3. The van der Waals surface area contributed by atoms with Gasteiger partial charge in [-0.25, -0.2) is 0 Å². The first-order valence-corrected chi connectivity index (χ1v) is 10.5. The van der Waals surface area contributed by atoms with Crippen molar-refractivity contribution in [3.05, 3.63) is 29.8 Å². The maximum Gasteiger partial charge on any atom is 0.252 e. The Morgan fingerprint density at radius 1 is 1.23 bits per heavy atom. The molecule has 0 aliphatic rings. The third-order valence-electron chi connectivity index (χ3n) is 4.72. The molecule has 0 aliphatic carbocycles. The number of hydrogen-bond donors (Lipinski definition) is 2. The van der Waals surface area contributed by atoms with Crippen LogP contribution < -0.4 is 15.8 Å². The Hall–Kier alpha value is -1.07. The van der Waals surface area contributed by atoms with Crippen molar-refractivity contribution in [2.45, 2.75) is 77.2 Å². The number of rotatable bonds is 10. The van der Waals surface area contributed by atoms with Gasteiger partial charge in [0.05, 0.1) is 12.3 Å². The second-order valence-corrected chi connectivity index (χ2v) is 9.27. The largest absolute Gasteiger partial charge is 0.494 e. The highest BCUT2D eigenvalue weighted by Crippen LogP contribution is 2.30. The SMILES string of the molecule is CCCC(Br)CCOc1cccc(C(=O)NC(N)(CCC)C(C)(C)C)c1. The Kier molecular flexibility index (Phi) is 9.11. The summed E-state index contributed by atoms with van der Waals surface area (Å²) in [6, 6.07) is 7.30. The highest BCUT2D eigenvalue weighted by molar-refractivity contribution is 9.09. The molecule has 0 bridgehead atoms. The van der Waals surface area contributed by atoms with Gasteiger partial charge in [-0.15, -0.1) is 0 Å². The van der Waals surface area contributed by atoms with Crippen molar-refractivity contribution in [3.63, 3.8) is 0 Å². The highest BCUT2D eigenvalue weighted by atomic mass is 79.9. The molecule has 4 nitrogen and oxygen atoms in total. The molecule has 148 valence electrons. The van der Waals surface area contributed by atoms with Crippen molar-refractivity contribution >= 4 is 21.8 Å². The number of ether oxygens (including phenoxy) is 1. The molecule has 2 unspecified atom stereocenters. The fourth-order valence-corrected chi connectivity index (χ4v) is 3.43. The molecule has 0 spiro atoms. The van der Waals surface area contributed by atoms with E-state index in [-0.39, 0.29) is 11.3 Å². The first-order chi connectivity index (χ1) is 12.1. The molecule has 0 saturated heterocycles. The van der Waals surface area contributed by atoms with Gasteiger partial charge in [0.25, 0.3) is 5.91 Å². The average molecular weight is 427 g/mol. The normalized spacial score (nSPS) is 15.2. The molecule has 1 amide bonds. The van der Waals surface area contributed by atoms with E-state index in [1.54, 1.807) is 12.1 Å². The van der Waals surface area contributed by atoms with E-state index >= 15 is 0 Å². The van der Waals surface area contributed by atoms with Crippen molar-refractivity contribution in [1.82, 2.24) is 5.32 Å². The van der Waals surface area contributed by atoms with Crippen LogP contribution in [0.1, 0.15) is 77.1 Å². The van der Waals surface area contributed by atoms with Crippen LogP contribution in [-0.2, 0) is 0 Å². The number of alkyl halides is 1. The lowest BCUT2D eigenvalue weighted by Gasteiger charge is -2.42. The number of carbonyl (C=O) groups is 1. The summed E-state index contributed by atoms with van der Waals surface area (Å²) in [7, 11) is 0. The minimum Gasteiger partial charge on any atom is -0.494 e. The summed E-state index contributed by atoms with van der Waals surface area (Å²) in [5.41, 5.74) is 6.12. The lowest BCUT2D eigenvalue weighted by atomic mass is 9.78. The summed E-state index contributed by atoms with van der Waals surface area (Å²) in [4.78, 5) is 13.2. The zero-order valence-corrected chi connectivity index (χ0v) is 18.5. The topological polar surface area (TPSA) is 64.3 Å². The molecule has 0 aliphatic heterocycles. The predicted molar refractivity (Wildman–Crippen MR) is 113 cm³/mol. The van der Waals surface area contributed by atoms with Gasteiger partial charge in [0.15, 0.2) is 0 Å². The number of nitrogens with one attached hydrogen (secondary N) is 1. The standard InChI is InChI=1S/C21H35BrN2O2/c1-6-9-17(22)12-14-26-18-11-8-10-16(15-18)19(25)24-21(23,13-7-2)20(3,4)5/h8,10-11,15,17H,6-7,9,12-14,23H2,1-5H3,(H,24,25). The maximum absolute atomic E-state index is 12.7. The Balaban J connectivity index is 2.75. The van der Waals surface area contributed by atoms with Gasteiger partial charge in [-0.1, -0.05) is 69.5 Å². The van der Waals surface area contributed by atoms with E-state index in [1.807, 2.05) is 12.1 Å². The first-order valence-electron chi connectivity index (χ1n) is 9.61. The van der Waals surface area contributed by atoms with Gasteiger partial charge in [0, 0.05) is 10.4 Å². The van der Waals surface area contributed by atoms with E-state index in [0.717, 1.165) is 32.1 Å². The number of nitrogens with two attached hydrogens (primary N) is 1. The van der Waals surface area contributed by atoms with Crippen LogP contribution in [0.3, 0.4) is 0 Å². The van der Waals surface area contributed by atoms with Crippen LogP contribution in [0.5, 0.6) is 5.75 Å². The van der Waals surface area contributed by atoms with Crippen LogP contribution in [0.2, 0.25) is 0 Å². The third-order valence-corrected chi connectivity index (χ3v) is 5.63. The van der Waals surface area contributed by atoms with E-state index in [4.69, 9.17) is 10.5 Å². The molecule has 0 radical (unpaired) electrons. The van der Waals surface area contributed by atoms with E-state index in [0.29, 0.717) is 22.7 Å². The van der Waals surface area contributed by atoms with Crippen molar-refractivity contribution in [2.75, 3.05) is 6.61 Å². The minimum atomic E-state index is -0.751. The van der Waals surface area contributed by atoms with Crippen LogP contribution in [0.4, 0.5) is 0 Å². The van der Waals surface area contributed by atoms with Crippen molar-refractivity contribution in [1.29, 1.82) is 0 Å². The molecule has 0 heterocycles. The fourth-order valence-electron chi connectivity index (χ4n) is 2.78. The summed E-state index contributed by atoms with van der Waals surface area (Å²) in [5, 5.41) is 3.04. The minimum absolute atomic E-state index is 0.161.